The van der Waals surface area contributed by atoms with Gasteiger partial charge in [0.1, 0.15) is 0 Å². The molecule has 0 bridgehead atoms. The van der Waals surface area contributed by atoms with Crippen molar-refractivity contribution in [3.63, 3.8) is 0 Å². The average Bonchev–Trinajstić information content (AvgIpc) is 2.72. The number of hydrogen-bond acceptors (Lipinski definition) is 1. The summed E-state index contributed by atoms with van der Waals surface area (Å²) in [6.45, 7) is 1.97. The molecule has 1 aromatic rings. The second-order valence-corrected chi connectivity index (χ2v) is 4.81. The van der Waals surface area contributed by atoms with E-state index in [1.54, 1.807) is 0 Å². The summed E-state index contributed by atoms with van der Waals surface area (Å²) in [5.74, 6) is 0. The first-order valence-electron chi connectivity index (χ1n) is 7.07. The fourth-order valence-electron chi connectivity index (χ4n) is 2.15. The van der Waals surface area contributed by atoms with Crippen molar-refractivity contribution in [3.8, 4) is 0 Å². The van der Waals surface area contributed by atoms with Crippen LogP contribution in [0.15, 0.2) is 30.3 Å². The maximum Gasteiger partial charge on any atom is 0.0787 e. The number of aliphatic hydroxyl groups excluding tert-OH is 1. The molecule has 1 atom stereocenters. The first-order valence-corrected chi connectivity index (χ1v) is 7.07. The summed E-state index contributed by atoms with van der Waals surface area (Å²) in [6, 6.07) is 9.70. The van der Waals surface area contributed by atoms with Gasteiger partial charge in [-0.3, -0.25) is 0 Å². The monoisotopic (exact) mass is 234 g/mol. The topological polar surface area (TPSA) is 20.2 Å². The van der Waals surface area contributed by atoms with E-state index in [0.29, 0.717) is 0 Å². The smallest absolute Gasteiger partial charge is 0.0787 e. The van der Waals surface area contributed by atoms with Crippen LogP contribution in [0.4, 0.5) is 0 Å². The molecule has 1 aromatic carbocycles. The lowest BCUT2D eigenvalue weighted by Crippen LogP contribution is -1.93. The van der Waals surface area contributed by atoms with Gasteiger partial charge in [-0.15, -0.1) is 0 Å². The van der Waals surface area contributed by atoms with Crippen LogP contribution in [0.25, 0.3) is 0 Å². The number of aliphatic hydroxyl groups is 1. The lowest BCUT2D eigenvalue weighted by molar-refractivity contribution is 0.173. The third kappa shape index (κ3) is 6.48. The second kappa shape index (κ2) is 9.23. The van der Waals surface area contributed by atoms with Crippen molar-refractivity contribution >= 4 is 0 Å². The molecule has 0 heterocycles. The molecule has 0 radical (unpaired) electrons. The molecule has 0 spiro atoms. The van der Waals surface area contributed by atoms with Gasteiger partial charge in [-0.25, -0.2) is 0 Å². The Balaban J connectivity index is 0.000000181. The fraction of sp³-hybridized carbons (Fsp3) is 0.625. The van der Waals surface area contributed by atoms with Gasteiger partial charge in [0.05, 0.1) is 6.10 Å². The highest BCUT2D eigenvalue weighted by atomic mass is 16.3. The van der Waals surface area contributed by atoms with Gasteiger partial charge in [-0.2, -0.15) is 0 Å². The largest absolute Gasteiger partial charge is 0.388 e. The van der Waals surface area contributed by atoms with E-state index in [0.717, 1.165) is 12.0 Å². The van der Waals surface area contributed by atoms with Crippen molar-refractivity contribution in [2.24, 2.45) is 0 Å². The van der Waals surface area contributed by atoms with Crippen LogP contribution < -0.4 is 0 Å². The molecule has 1 aliphatic rings. The molecule has 1 nitrogen and oxygen atoms in total. The lowest BCUT2D eigenvalue weighted by Gasteiger charge is -2.05. The molecule has 0 aromatic heterocycles. The molecular weight excluding hydrogens is 208 g/mol. The minimum absolute atomic E-state index is 0.291. The SMILES string of the molecule is C1CCCCCC1.CCC(O)c1ccccc1. The lowest BCUT2D eigenvalue weighted by atomic mass is 10.1. The van der Waals surface area contributed by atoms with Crippen LogP contribution in [0, 0.1) is 0 Å². The minimum atomic E-state index is -0.291. The number of benzene rings is 1. The summed E-state index contributed by atoms with van der Waals surface area (Å²) in [5.41, 5.74) is 1.00. The molecule has 96 valence electrons. The molecule has 17 heavy (non-hydrogen) atoms. The molecule has 2 rings (SSSR count). The highest BCUT2D eigenvalue weighted by Gasteiger charge is 2.00. The Bertz CT molecular complexity index is 248. The van der Waals surface area contributed by atoms with Crippen LogP contribution >= 0.6 is 0 Å². The molecule has 1 saturated carbocycles. The van der Waals surface area contributed by atoms with E-state index in [4.69, 9.17) is 0 Å². The fourth-order valence-corrected chi connectivity index (χ4v) is 2.15. The van der Waals surface area contributed by atoms with Gasteiger partial charge in [-0.1, -0.05) is 82.2 Å². The van der Waals surface area contributed by atoms with E-state index in [1.165, 1.54) is 44.9 Å². The Morgan fingerprint density at radius 3 is 1.65 bits per heavy atom. The number of hydrogen-bond donors (Lipinski definition) is 1. The van der Waals surface area contributed by atoms with Gasteiger partial charge >= 0.3 is 0 Å². The first-order chi connectivity index (χ1) is 8.34. The molecule has 1 aliphatic carbocycles. The molecule has 1 heteroatoms. The molecule has 1 fully saturated rings. The van der Waals surface area contributed by atoms with E-state index < -0.39 is 0 Å². The summed E-state index contributed by atoms with van der Waals surface area (Å²) in [6.07, 6.45) is 11.0. The van der Waals surface area contributed by atoms with Gasteiger partial charge in [0.2, 0.25) is 0 Å². The summed E-state index contributed by atoms with van der Waals surface area (Å²) in [5, 5.41) is 9.33. The maximum absolute atomic E-state index is 9.33. The van der Waals surface area contributed by atoms with Gasteiger partial charge < -0.3 is 5.11 Å². The Kier molecular flexibility index (Phi) is 7.74. The van der Waals surface area contributed by atoms with Crippen LogP contribution in [0.2, 0.25) is 0 Å². The molecule has 1 unspecified atom stereocenters. The van der Waals surface area contributed by atoms with Crippen molar-refractivity contribution in [1.29, 1.82) is 0 Å². The van der Waals surface area contributed by atoms with Gasteiger partial charge in [0.25, 0.3) is 0 Å². The van der Waals surface area contributed by atoms with E-state index in [9.17, 15) is 5.11 Å². The molecule has 1 N–H and O–H groups in total. The third-order valence-corrected chi connectivity index (χ3v) is 3.32. The van der Waals surface area contributed by atoms with Crippen molar-refractivity contribution < 1.29 is 5.11 Å². The summed E-state index contributed by atoms with van der Waals surface area (Å²) in [4.78, 5) is 0. The van der Waals surface area contributed by atoms with Crippen molar-refractivity contribution in [2.45, 2.75) is 64.4 Å². The predicted molar refractivity (Wildman–Crippen MR) is 74.0 cm³/mol. The maximum atomic E-state index is 9.33. The Labute approximate surface area is 106 Å². The molecular formula is C16H26O. The zero-order valence-corrected chi connectivity index (χ0v) is 11.1. The molecule has 0 amide bonds. The van der Waals surface area contributed by atoms with Gasteiger partial charge in [-0.05, 0) is 12.0 Å². The predicted octanol–water partition coefficient (Wildman–Crippen LogP) is 4.86. The highest BCUT2D eigenvalue weighted by Crippen LogP contribution is 2.15. The van der Waals surface area contributed by atoms with E-state index in [2.05, 4.69) is 0 Å². The van der Waals surface area contributed by atoms with E-state index in [-0.39, 0.29) is 6.10 Å². The van der Waals surface area contributed by atoms with E-state index >= 15 is 0 Å². The Hall–Kier alpha value is -0.820. The minimum Gasteiger partial charge on any atom is -0.388 e. The molecule has 0 saturated heterocycles. The first kappa shape index (κ1) is 14.2. The van der Waals surface area contributed by atoms with Crippen LogP contribution in [-0.4, -0.2) is 5.11 Å². The normalized spacial score (nSPS) is 17.5. The summed E-state index contributed by atoms with van der Waals surface area (Å²) < 4.78 is 0. The zero-order valence-electron chi connectivity index (χ0n) is 11.1. The van der Waals surface area contributed by atoms with Gasteiger partial charge in [0.15, 0.2) is 0 Å². The van der Waals surface area contributed by atoms with Crippen LogP contribution in [0.3, 0.4) is 0 Å². The van der Waals surface area contributed by atoms with Crippen molar-refractivity contribution in [1.82, 2.24) is 0 Å². The van der Waals surface area contributed by atoms with Crippen molar-refractivity contribution in [2.75, 3.05) is 0 Å². The van der Waals surface area contributed by atoms with Crippen molar-refractivity contribution in [3.05, 3.63) is 35.9 Å². The second-order valence-electron chi connectivity index (χ2n) is 4.81. The van der Waals surface area contributed by atoms with Crippen LogP contribution in [-0.2, 0) is 0 Å². The average molecular weight is 234 g/mol. The standard InChI is InChI=1S/C9H12O.C7H14/c1-2-9(10)8-6-4-3-5-7-8;1-2-4-6-7-5-3-1/h3-7,9-10H,2H2,1H3;1-7H2. The van der Waals surface area contributed by atoms with Gasteiger partial charge in [0, 0.05) is 0 Å². The Morgan fingerprint density at radius 2 is 1.29 bits per heavy atom. The van der Waals surface area contributed by atoms with Crippen LogP contribution in [0.1, 0.15) is 70.0 Å². The number of rotatable bonds is 2. The Morgan fingerprint density at radius 1 is 0.882 bits per heavy atom. The molecule has 0 aliphatic heterocycles. The third-order valence-electron chi connectivity index (χ3n) is 3.32. The summed E-state index contributed by atoms with van der Waals surface area (Å²) in [7, 11) is 0. The van der Waals surface area contributed by atoms with Crippen LogP contribution in [0.5, 0.6) is 0 Å². The summed E-state index contributed by atoms with van der Waals surface area (Å²) >= 11 is 0. The highest BCUT2D eigenvalue weighted by molar-refractivity contribution is 5.16. The quantitative estimate of drug-likeness (QED) is 0.724. The zero-order chi connectivity index (χ0) is 12.3. The van der Waals surface area contributed by atoms with E-state index in [1.807, 2.05) is 37.3 Å².